The lowest BCUT2D eigenvalue weighted by Gasteiger charge is -2.18. The molecular weight excluding hydrogens is 327 g/mol. The van der Waals surface area contributed by atoms with Gasteiger partial charge in [-0.3, -0.25) is 4.68 Å². The molecule has 0 atom stereocenters. The van der Waals surface area contributed by atoms with Crippen molar-refractivity contribution in [3.63, 3.8) is 0 Å². The predicted octanol–water partition coefficient (Wildman–Crippen LogP) is 1.70. The maximum atomic E-state index is 11.8. The van der Waals surface area contributed by atoms with E-state index in [1.807, 2.05) is 6.07 Å². The lowest BCUT2D eigenvalue weighted by molar-refractivity contribution is 0.548. The highest BCUT2D eigenvalue weighted by molar-refractivity contribution is 14.1. The Morgan fingerprint density at radius 1 is 1.47 bits per heavy atom. The Bertz CT molecular complexity index is 431. The standard InChI is InChI=1S/C9H15IN2O2S/c1-9(2,3)15(13,14)7-6-12-5-4-8(10)11-12/h4-5H,6-7H2,1-3H3. The normalized spacial score (nSPS) is 13.1. The van der Waals surface area contributed by atoms with Crippen molar-refractivity contribution in [2.24, 2.45) is 0 Å². The van der Waals surface area contributed by atoms with Crippen LogP contribution in [0.4, 0.5) is 0 Å². The zero-order chi connectivity index (χ0) is 11.7. The predicted molar refractivity (Wildman–Crippen MR) is 68.5 cm³/mol. The molecule has 1 rings (SSSR count). The van der Waals surface area contributed by atoms with Crippen LogP contribution in [0, 0.1) is 3.70 Å². The number of aromatic nitrogens is 2. The van der Waals surface area contributed by atoms with E-state index < -0.39 is 14.6 Å². The number of hydrogen-bond donors (Lipinski definition) is 0. The Morgan fingerprint density at radius 3 is 2.47 bits per heavy atom. The quantitative estimate of drug-likeness (QED) is 0.786. The zero-order valence-electron chi connectivity index (χ0n) is 9.07. The van der Waals surface area contributed by atoms with Crippen LogP contribution in [-0.2, 0) is 16.4 Å². The minimum absolute atomic E-state index is 0.133. The summed E-state index contributed by atoms with van der Waals surface area (Å²) >= 11 is 2.10. The molecule has 1 aromatic rings. The van der Waals surface area contributed by atoms with Crippen LogP contribution in [0.25, 0.3) is 0 Å². The largest absolute Gasteiger partial charge is 0.271 e. The van der Waals surface area contributed by atoms with Crippen molar-refractivity contribution in [1.29, 1.82) is 0 Å². The molecule has 4 nitrogen and oxygen atoms in total. The Hall–Kier alpha value is -0.110. The van der Waals surface area contributed by atoms with Crippen molar-refractivity contribution in [1.82, 2.24) is 9.78 Å². The molecule has 0 saturated carbocycles. The van der Waals surface area contributed by atoms with Crippen LogP contribution in [-0.4, -0.2) is 28.7 Å². The summed E-state index contributed by atoms with van der Waals surface area (Å²) in [4.78, 5) is 0. The van der Waals surface area contributed by atoms with Crippen molar-refractivity contribution < 1.29 is 8.42 Å². The second-order valence-electron chi connectivity index (χ2n) is 4.33. The second-order valence-corrected chi connectivity index (χ2v) is 8.30. The number of rotatable bonds is 3. The van der Waals surface area contributed by atoms with Gasteiger partial charge in [0.15, 0.2) is 9.84 Å². The smallest absolute Gasteiger partial charge is 0.157 e. The molecule has 15 heavy (non-hydrogen) atoms. The van der Waals surface area contributed by atoms with E-state index in [-0.39, 0.29) is 5.75 Å². The lowest BCUT2D eigenvalue weighted by atomic mass is 10.3. The Labute approximate surface area is 104 Å². The fourth-order valence-electron chi connectivity index (χ4n) is 0.981. The molecule has 0 aromatic carbocycles. The fourth-order valence-corrected chi connectivity index (χ4v) is 2.46. The molecule has 1 aromatic heterocycles. The first kappa shape index (κ1) is 13.0. The SMILES string of the molecule is CC(C)(C)S(=O)(=O)CCn1ccc(I)n1. The van der Waals surface area contributed by atoms with Gasteiger partial charge in [-0.2, -0.15) is 5.10 Å². The first-order valence-electron chi connectivity index (χ1n) is 4.64. The number of nitrogens with zero attached hydrogens (tertiary/aromatic N) is 2. The van der Waals surface area contributed by atoms with Crippen LogP contribution in [0.5, 0.6) is 0 Å². The van der Waals surface area contributed by atoms with E-state index in [1.54, 1.807) is 31.6 Å². The maximum absolute atomic E-state index is 11.8. The van der Waals surface area contributed by atoms with Crippen LogP contribution in [0.3, 0.4) is 0 Å². The third-order valence-electron chi connectivity index (χ3n) is 2.13. The van der Waals surface area contributed by atoms with Gasteiger partial charge in [-0.05, 0) is 49.4 Å². The summed E-state index contributed by atoms with van der Waals surface area (Å²) in [7, 11) is -3.05. The number of hydrogen-bond acceptors (Lipinski definition) is 3. The third-order valence-corrected chi connectivity index (χ3v) is 5.29. The van der Waals surface area contributed by atoms with Gasteiger partial charge < -0.3 is 0 Å². The van der Waals surface area contributed by atoms with Crippen molar-refractivity contribution in [2.75, 3.05) is 5.75 Å². The Morgan fingerprint density at radius 2 is 2.07 bits per heavy atom. The Balaban J connectivity index is 2.66. The maximum Gasteiger partial charge on any atom is 0.157 e. The molecule has 6 heteroatoms. The molecule has 0 saturated heterocycles. The van der Waals surface area contributed by atoms with E-state index in [0.717, 1.165) is 3.70 Å². The third kappa shape index (κ3) is 3.44. The summed E-state index contributed by atoms with van der Waals surface area (Å²) in [5, 5.41) is 4.13. The van der Waals surface area contributed by atoms with Crippen molar-refractivity contribution in [3.05, 3.63) is 16.0 Å². The topological polar surface area (TPSA) is 52.0 Å². The summed E-state index contributed by atoms with van der Waals surface area (Å²) < 4.78 is 25.4. The monoisotopic (exact) mass is 342 g/mol. The van der Waals surface area contributed by atoms with Gasteiger partial charge in [-0.1, -0.05) is 0 Å². The number of sulfone groups is 1. The highest BCUT2D eigenvalue weighted by atomic mass is 127. The van der Waals surface area contributed by atoms with E-state index in [4.69, 9.17) is 0 Å². The number of aryl methyl sites for hydroxylation is 1. The van der Waals surface area contributed by atoms with Gasteiger partial charge in [0.05, 0.1) is 17.0 Å². The summed E-state index contributed by atoms with van der Waals surface area (Å²) in [5.41, 5.74) is 0. The lowest BCUT2D eigenvalue weighted by Crippen LogP contribution is -2.32. The molecule has 1 heterocycles. The molecular formula is C9H15IN2O2S. The van der Waals surface area contributed by atoms with Gasteiger partial charge in [0.2, 0.25) is 0 Å². The minimum atomic E-state index is -3.05. The molecule has 0 radical (unpaired) electrons. The average Bonchev–Trinajstić information content (AvgIpc) is 2.46. The van der Waals surface area contributed by atoms with Crippen LogP contribution >= 0.6 is 22.6 Å². The van der Waals surface area contributed by atoms with Gasteiger partial charge in [0.1, 0.15) is 3.70 Å². The highest BCUT2D eigenvalue weighted by Gasteiger charge is 2.28. The molecule has 0 spiro atoms. The van der Waals surface area contributed by atoms with Crippen LogP contribution in [0.15, 0.2) is 12.3 Å². The van der Waals surface area contributed by atoms with E-state index in [9.17, 15) is 8.42 Å². The molecule has 0 amide bonds. The summed E-state index contributed by atoms with van der Waals surface area (Å²) in [6.45, 7) is 5.57. The van der Waals surface area contributed by atoms with Crippen molar-refractivity contribution in [3.8, 4) is 0 Å². The van der Waals surface area contributed by atoms with Crippen molar-refractivity contribution in [2.45, 2.75) is 32.1 Å². The molecule has 0 N–H and O–H groups in total. The molecule has 0 unspecified atom stereocenters. The van der Waals surface area contributed by atoms with Crippen molar-refractivity contribution >= 4 is 32.4 Å². The number of halogens is 1. The molecule has 0 aliphatic heterocycles. The fraction of sp³-hybridized carbons (Fsp3) is 0.667. The Kier molecular flexibility index (Phi) is 3.80. The summed E-state index contributed by atoms with van der Waals surface area (Å²) in [6, 6.07) is 1.85. The van der Waals surface area contributed by atoms with Gasteiger partial charge in [0.25, 0.3) is 0 Å². The first-order valence-corrected chi connectivity index (χ1v) is 7.37. The zero-order valence-corrected chi connectivity index (χ0v) is 12.0. The van der Waals surface area contributed by atoms with Crippen LogP contribution in [0.1, 0.15) is 20.8 Å². The van der Waals surface area contributed by atoms with Crippen LogP contribution < -0.4 is 0 Å². The molecule has 86 valence electrons. The van der Waals surface area contributed by atoms with Crippen LogP contribution in [0.2, 0.25) is 0 Å². The van der Waals surface area contributed by atoms with Gasteiger partial charge in [0, 0.05) is 6.20 Å². The molecule has 0 fully saturated rings. The first-order chi connectivity index (χ1) is 6.72. The minimum Gasteiger partial charge on any atom is -0.271 e. The van der Waals surface area contributed by atoms with E-state index >= 15 is 0 Å². The summed E-state index contributed by atoms with van der Waals surface area (Å²) in [6.07, 6.45) is 1.79. The van der Waals surface area contributed by atoms with Gasteiger partial charge >= 0.3 is 0 Å². The van der Waals surface area contributed by atoms with Gasteiger partial charge in [-0.25, -0.2) is 8.42 Å². The summed E-state index contributed by atoms with van der Waals surface area (Å²) in [5.74, 6) is 0.133. The van der Waals surface area contributed by atoms with E-state index in [1.165, 1.54) is 0 Å². The van der Waals surface area contributed by atoms with E-state index in [2.05, 4.69) is 27.7 Å². The molecule has 0 bridgehead atoms. The molecule has 0 aliphatic carbocycles. The van der Waals surface area contributed by atoms with E-state index in [0.29, 0.717) is 6.54 Å². The van der Waals surface area contributed by atoms with Gasteiger partial charge in [-0.15, -0.1) is 0 Å². The molecule has 0 aliphatic rings. The average molecular weight is 342 g/mol. The second kappa shape index (κ2) is 4.40. The highest BCUT2D eigenvalue weighted by Crippen LogP contribution is 2.16.